The van der Waals surface area contributed by atoms with Crippen LogP contribution in [0.15, 0.2) is 40.8 Å². The highest BCUT2D eigenvalue weighted by Crippen LogP contribution is 2.30. The summed E-state index contributed by atoms with van der Waals surface area (Å²) in [6.07, 6.45) is -4.56. The maximum atomic E-state index is 13.0. The van der Waals surface area contributed by atoms with Crippen molar-refractivity contribution in [2.24, 2.45) is 0 Å². The zero-order valence-corrected chi connectivity index (χ0v) is 18.0. The molecular formula is C22H27F3N2O4. The standard InChI is InChI=1S/C22H27F3N2O4/c1-15(2)27(21(29)17-6-5-7-18(12-17)22(23,24)25)14-20(28)26(10-11-30-4)13-19-9-8-16(3)31-19/h5-9,12,15H,10-11,13-14H2,1-4H3. The Balaban J connectivity index is 2.21. The fourth-order valence-corrected chi connectivity index (χ4v) is 2.98. The minimum Gasteiger partial charge on any atom is -0.464 e. The first-order chi connectivity index (χ1) is 14.5. The molecule has 6 nitrogen and oxygen atoms in total. The van der Waals surface area contributed by atoms with Crippen LogP contribution in [0.1, 0.15) is 41.3 Å². The van der Waals surface area contributed by atoms with Gasteiger partial charge in [0, 0.05) is 25.3 Å². The Hall–Kier alpha value is -2.81. The van der Waals surface area contributed by atoms with E-state index in [9.17, 15) is 22.8 Å². The summed E-state index contributed by atoms with van der Waals surface area (Å²) in [4.78, 5) is 28.7. The first-order valence-electron chi connectivity index (χ1n) is 9.83. The number of benzene rings is 1. The van der Waals surface area contributed by atoms with Crippen molar-refractivity contribution in [3.63, 3.8) is 0 Å². The van der Waals surface area contributed by atoms with E-state index in [0.717, 1.165) is 12.1 Å². The number of aryl methyl sites for hydroxylation is 1. The van der Waals surface area contributed by atoms with Crippen molar-refractivity contribution < 1.29 is 31.9 Å². The molecule has 0 atom stereocenters. The van der Waals surface area contributed by atoms with Crippen LogP contribution in [0.2, 0.25) is 0 Å². The number of hydrogen-bond acceptors (Lipinski definition) is 4. The van der Waals surface area contributed by atoms with Crippen LogP contribution >= 0.6 is 0 Å². The minimum absolute atomic E-state index is 0.124. The molecule has 0 aliphatic rings. The van der Waals surface area contributed by atoms with E-state index in [1.165, 1.54) is 29.0 Å². The maximum Gasteiger partial charge on any atom is 0.416 e. The van der Waals surface area contributed by atoms with Crippen LogP contribution in [-0.2, 0) is 22.3 Å². The Bertz CT molecular complexity index is 893. The SMILES string of the molecule is COCCN(Cc1ccc(C)o1)C(=O)CN(C(=O)c1cccc(C(F)(F)F)c1)C(C)C. The third kappa shape index (κ3) is 6.85. The largest absolute Gasteiger partial charge is 0.464 e. The third-order valence-electron chi connectivity index (χ3n) is 4.69. The Morgan fingerprint density at radius 2 is 1.87 bits per heavy atom. The van der Waals surface area contributed by atoms with Gasteiger partial charge in [0.2, 0.25) is 5.91 Å². The van der Waals surface area contributed by atoms with Crippen molar-refractivity contribution in [1.82, 2.24) is 9.80 Å². The van der Waals surface area contributed by atoms with E-state index in [1.807, 2.05) is 0 Å². The molecule has 2 aromatic rings. The van der Waals surface area contributed by atoms with E-state index in [1.54, 1.807) is 32.9 Å². The average Bonchev–Trinajstić information content (AvgIpc) is 3.12. The summed E-state index contributed by atoms with van der Waals surface area (Å²) >= 11 is 0. The van der Waals surface area contributed by atoms with Gasteiger partial charge in [-0.15, -0.1) is 0 Å². The van der Waals surface area contributed by atoms with Crippen molar-refractivity contribution in [2.75, 3.05) is 26.8 Å². The van der Waals surface area contributed by atoms with Crippen molar-refractivity contribution in [1.29, 1.82) is 0 Å². The number of carbonyl (C=O) groups excluding carboxylic acids is 2. The van der Waals surface area contributed by atoms with Crippen LogP contribution in [0.3, 0.4) is 0 Å². The Labute approximate surface area is 179 Å². The van der Waals surface area contributed by atoms with E-state index in [0.29, 0.717) is 11.5 Å². The molecule has 0 aliphatic carbocycles. The number of carbonyl (C=O) groups is 2. The van der Waals surface area contributed by atoms with E-state index in [2.05, 4.69) is 0 Å². The first kappa shape index (κ1) is 24.5. The molecule has 0 N–H and O–H groups in total. The predicted octanol–water partition coefficient (Wildman–Crippen LogP) is 4.13. The summed E-state index contributed by atoms with van der Waals surface area (Å²) in [5.41, 5.74) is -1.04. The Morgan fingerprint density at radius 1 is 1.16 bits per heavy atom. The highest BCUT2D eigenvalue weighted by atomic mass is 19.4. The molecule has 31 heavy (non-hydrogen) atoms. The number of alkyl halides is 3. The smallest absolute Gasteiger partial charge is 0.416 e. The van der Waals surface area contributed by atoms with Gasteiger partial charge in [0.15, 0.2) is 0 Å². The zero-order chi connectivity index (χ0) is 23.2. The lowest BCUT2D eigenvalue weighted by molar-refractivity contribution is -0.137. The third-order valence-corrected chi connectivity index (χ3v) is 4.69. The number of methoxy groups -OCH3 is 1. The predicted molar refractivity (Wildman–Crippen MR) is 108 cm³/mol. The molecule has 0 aliphatic heterocycles. The monoisotopic (exact) mass is 440 g/mol. The van der Waals surface area contributed by atoms with Crippen LogP contribution in [-0.4, -0.2) is 54.5 Å². The molecule has 0 radical (unpaired) electrons. The molecule has 0 unspecified atom stereocenters. The lowest BCUT2D eigenvalue weighted by Gasteiger charge is -2.30. The second kappa shape index (κ2) is 10.5. The highest BCUT2D eigenvalue weighted by molar-refractivity contribution is 5.96. The molecule has 2 rings (SSSR count). The van der Waals surface area contributed by atoms with Gasteiger partial charge < -0.3 is 19.0 Å². The lowest BCUT2D eigenvalue weighted by atomic mass is 10.1. The molecule has 0 bridgehead atoms. The maximum absolute atomic E-state index is 13.0. The molecule has 0 saturated carbocycles. The summed E-state index contributed by atoms with van der Waals surface area (Å²) < 4.78 is 49.7. The number of hydrogen-bond donors (Lipinski definition) is 0. The first-order valence-corrected chi connectivity index (χ1v) is 9.83. The summed E-state index contributed by atoms with van der Waals surface area (Å²) in [5.74, 6) is 0.287. The normalized spacial score (nSPS) is 11.6. The summed E-state index contributed by atoms with van der Waals surface area (Å²) in [6.45, 7) is 5.67. The average molecular weight is 440 g/mol. The number of amides is 2. The second-order valence-corrected chi connectivity index (χ2v) is 7.43. The molecule has 0 spiro atoms. The van der Waals surface area contributed by atoms with Crippen LogP contribution in [0, 0.1) is 6.92 Å². The van der Waals surface area contributed by atoms with Gasteiger partial charge in [0.1, 0.15) is 18.1 Å². The quantitative estimate of drug-likeness (QED) is 0.588. The van der Waals surface area contributed by atoms with E-state index in [4.69, 9.17) is 9.15 Å². The van der Waals surface area contributed by atoms with Gasteiger partial charge in [0.05, 0.1) is 18.7 Å². The van der Waals surface area contributed by atoms with Crippen LogP contribution in [0.25, 0.3) is 0 Å². The van der Waals surface area contributed by atoms with Gasteiger partial charge in [-0.05, 0) is 51.1 Å². The van der Waals surface area contributed by atoms with E-state index >= 15 is 0 Å². The van der Waals surface area contributed by atoms with E-state index in [-0.39, 0.29) is 37.7 Å². The minimum atomic E-state index is -4.56. The molecule has 0 saturated heterocycles. The van der Waals surface area contributed by atoms with Gasteiger partial charge >= 0.3 is 6.18 Å². The summed E-state index contributed by atoms with van der Waals surface area (Å²) in [7, 11) is 1.51. The number of ether oxygens (including phenoxy) is 1. The topological polar surface area (TPSA) is 63.0 Å². The molecule has 1 aromatic heterocycles. The molecule has 2 amide bonds. The molecule has 0 fully saturated rings. The molecular weight excluding hydrogens is 413 g/mol. The Kier molecular flexibility index (Phi) is 8.27. The second-order valence-electron chi connectivity index (χ2n) is 7.43. The summed E-state index contributed by atoms with van der Waals surface area (Å²) in [6, 6.07) is 7.34. The number of nitrogens with zero attached hydrogens (tertiary/aromatic N) is 2. The van der Waals surface area contributed by atoms with Gasteiger partial charge in [-0.1, -0.05) is 6.07 Å². The number of rotatable bonds is 9. The van der Waals surface area contributed by atoms with Gasteiger partial charge in [-0.2, -0.15) is 13.2 Å². The number of halogens is 3. The molecule has 1 heterocycles. The van der Waals surface area contributed by atoms with Crippen LogP contribution in [0.4, 0.5) is 13.2 Å². The zero-order valence-electron chi connectivity index (χ0n) is 18.0. The van der Waals surface area contributed by atoms with Crippen molar-refractivity contribution in [2.45, 2.75) is 39.5 Å². The lowest BCUT2D eigenvalue weighted by Crippen LogP contribution is -2.46. The summed E-state index contributed by atoms with van der Waals surface area (Å²) in [5, 5.41) is 0. The van der Waals surface area contributed by atoms with Gasteiger partial charge in [-0.3, -0.25) is 9.59 Å². The van der Waals surface area contributed by atoms with Crippen molar-refractivity contribution >= 4 is 11.8 Å². The van der Waals surface area contributed by atoms with Crippen molar-refractivity contribution in [3.8, 4) is 0 Å². The van der Waals surface area contributed by atoms with Crippen LogP contribution in [0.5, 0.6) is 0 Å². The fourth-order valence-electron chi connectivity index (χ4n) is 2.98. The Morgan fingerprint density at radius 3 is 2.42 bits per heavy atom. The number of furan rings is 1. The molecule has 9 heteroatoms. The van der Waals surface area contributed by atoms with Crippen LogP contribution < -0.4 is 0 Å². The molecule has 170 valence electrons. The van der Waals surface area contributed by atoms with E-state index < -0.39 is 23.7 Å². The van der Waals surface area contributed by atoms with Gasteiger partial charge in [0.25, 0.3) is 5.91 Å². The van der Waals surface area contributed by atoms with Gasteiger partial charge in [-0.25, -0.2) is 0 Å². The molecule has 1 aromatic carbocycles. The highest BCUT2D eigenvalue weighted by Gasteiger charge is 2.32. The van der Waals surface area contributed by atoms with Crippen molar-refractivity contribution in [3.05, 3.63) is 59.0 Å². The fraction of sp³-hybridized carbons (Fsp3) is 0.455.